The van der Waals surface area contributed by atoms with Crippen LogP contribution < -0.4 is 5.32 Å². The van der Waals surface area contributed by atoms with Crippen LogP contribution in [0.5, 0.6) is 0 Å². The Morgan fingerprint density at radius 2 is 2.17 bits per heavy atom. The van der Waals surface area contributed by atoms with E-state index in [0.29, 0.717) is 29.2 Å². The number of hydrogen-bond donors (Lipinski definition) is 1. The molecule has 1 aromatic heterocycles. The number of halogens is 2. The summed E-state index contributed by atoms with van der Waals surface area (Å²) in [6, 6.07) is 4.34. The van der Waals surface area contributed by atoms with E-state index < -0.39 is 0 Å². The minimum atomic E-state index is -0.341. The first kappa shape index (κ1) is 16.4. The maximum Gasteiger partial charge on any atom is 0.244 e. The number of benzene rings is 1. The van der Waals surface area contributed by atoms with Gasteiger partial charge in [0.1, 0.15) is 5.82 Å². The minimum absolute atomic E-state index is 0.0683. The van der Waals surface area contributed by atoms with Gasteiger partial charge in [0, 0.05) is 24.8 Å². The number of hydrogen-bond acceptors (Lipinski definition) is 5. The van der Waals surface area contributed by atoms with Gasteiger partial charge < -0.3 is 14.6 Å². The lowest BCUT2D eigenvalue weighted by Gasteiger charge is -2.28. The van der Waals surface area contributed by atoms with Crippen molar-refractivity contribution in [3.05, 3.63) is 46.3 Å². The number of nitrogens with zero attached hydrogens (tertiary/aromatic N) is 2. The Morgan fingerprint density at radius 3 is 2.83 bits per heavy atom. The molecule has 1 unspecified atom stereocenters. The monoisotopic (exact) mass is 339 g/mol. The number of ether oxygens (including phenoxy) is 1. The molecule has 2 aromatic rings. The Labute approximate surface area is 139 Å². The Kier molecular flexibility index (Phi) is 5.25. The Hall–Kier alpha value is -1.50. The highest BCUT2D eigenvalue weighted by molar-refractivity contribution is 6.31. The van der Waals surface area contributed by atoms with Crippen LogP contribution in [0.15, 0.2) is 22.7 Å². The van der Waals surface area contributed by atoms with Gasteiger partial charge in [-0.15, -0.1) is 0 Å². The van der Waals surface area contributed by atoms with Gasteiger partial charge >= 0.3 is 0 Å². The third kappa shape index (κ3) is 4.07. The smallest absolute Gasteiger partial charge is 0.244 e. The highest BCUT2D eigenvalue weighted by Crippen LogP contribution is 2.30. The highest BCUT2D eigenvalue weighted by atomic mass is 35.5. The molecule has 0 aliphatic carbocycles. The van der Waals surface area contributed by atoms with Crippen molar-refractivity contribution < 1.29 is 13.7 Å². The summed E-state index contributed by atoms with van der Waals surface area (Å²) in [6.07, 6.45) is 1.85. The predicted molar refractivity (Wildman–Crippen MR) is 83.6 cm³/mol. The zero-order valence-electron chi connectivity index (χ0n) is 12.9. The summed E-state index contributed by atoms with van der Waals surface area (Å²) in [4.78, 5) is 4.36. The van der Waals surface area contributed by atoms with Gasteiger partial charge in [-0.25, -0.2) is 4.39 Å². The first-order chi connectivity index (χ1) is 11.1. The van der Waals surface area contributed by atoms with Crippen molar-refractivity contribution >= 4 is 11.6 Å². The van der Waals surface area contributed by atoms with Crippen LogP contribution in [-0.4, -0.2) is 23.4 Å². The minimum Gasteiger partial charge on any atom is -0.381 e. The van der Waals surface area contributed by atoms with Gasteiger partial charge in [-0.05, 0) is 43.4 Å². The van der Waals surface area contributed by atoms with Gasteiger partial charge in [-0.3, -0.25) is 0 Å². The number of rotatable bonds is 5. The van der Waals surface area contributed by atoms with E-state index in [4.69, 9.17) is 20.9 Å². The molecule has 1 saturated heterocycles. The van der Waals surface area contributed by atoms with E-state index in [2.05, 4.69) is 15.5 Å². The van der Waals surface area contributed by atoms with Gasteiger partial charge in [0.15, 0.2) is 5.82 Å². The molecule has 0 spiro atoms. The van der Waals surface area contributed by atoms with Crippen molar-refractivity contribution in [2.45, 2.75) is 32.4 Å². The van der Waals surface area contributed by atoms with Crippen LogP contribution in [0.2, 0.25) is 5.02 Å². The van der Waals surface area contributed by atoms with Crippen LogP contribution in [-0.2, 0) is 11.3 Å². The summed E-state index contributed by atoms with van der Waals surface area (Å²) >= 11 is 6.10. The van der Waals surface area contributed by atoms with Gasteiger partial charge in [0.05, 0.1) is 6.04 Å². The summed E-state index contributed by atoms with van der Waals surface area (Å²) in [5.74, 6) is 1.20. The number of aryl methyl sites for hydroxylation is 1. The zero-order chi connectivity index (χ0) is 16.2. The third-order valence-corrected chi connectivity index (χ3v) is 4.43. The molecule has 1 aromatic carbocycles. The van der Waals surface area contributed by atoms with E-state index in [1.807, 2.05) is 0 Å². The molecule has 1 fully saturated rings. The molecule has 1 atom stereocenters. The molecule has 1 aliphatic heterocycles. The topological polar surface area (TPSA) is 60.2 Å². The fourth-order valence-corrected chi connectivity index (χ4v) is 3.06. The molecule has 2 heterocycles. The van der Waals surface area contributed by atoms with E-state index in [1.165, 1.54) is 12.1 Å². The molecule has 124 valence electrons. The van der Waals surface area contributed by atoms with E-state index in [1.54, 1.807) is 13.0 Å². The van der Waals surface area contributed by atoms with E-state index in [-0.39, 0.29) is 11.9 Å². The molecule has 23 heavy (non-hydrogen) atoms. The SMILES string of the molecule is Cc1noc(C(NCc2ccc(F)cc2Cl)C2CCOCC2)n1. The van der Waals surface area contributed by atoms with Crippen LogP contribution >= 0.6 is 11.6 Å². The Bertz CT molecular complexity index is 659. The second-order valence-electron chi connectivity index (χ2n) is 5.72. The van der Waals surface area contributed by atoms with Crippen LogP contribution in [0, 0.1) is 18.7 Å². The van der Waals surface area contributed by atoms with Crippen molar-refractivity contribution in [1.82, 2.24) is 15.5 Å². The largest absolute Gasteiger partial charge is 0.381 e. The standard InChI is InChI=1S/C16H19ClFN3O2/c1-10-20-16(23-21-10)15(11-4-6-22-7-5-11)19-9-12-2-3-13(18)8-14(12)17/h2-3,8,11,15,19H,4-7,9H2,1H3. The molecular formula is C16H19ClFN3O2. The van der Waals surface area contributed by atoms with Crippen LogP contribution in [0.25, 0.3) is 0 Å². The Balaban J connectivity index is 1.75. The summed E-state index contributed by atoms with van der Waals surface area (Å²) in [6.45, 7) is 3.76. The van der Waals surface area contributed by atoms with Gasteiger partial charge in [-0.2, -0.15) is 4.98 Å². The molecular weight excluding hydrogens is 321 g/mol. The average molecular weight is 340 g/mol. The lowest BCUT2D eigenvalue weighted by molar-refractivity contribution is 0.0485. The van der Waals surface area contributed by atoms with Crippen molar-refractivity contribution in [2.24, 2.45) is 5.92 Å². The normalized spacial score (nSPS) is 17.3. The van der Waals surface area contributed by atoms with Crippen LogP contribution in [0.3, 0.4) is 0 Å². The molecule has 0 amide bonds. The van der Waals surface area contributed by atoms with E-state index in [0.717, 1.165) is 31.6 Å². The van der Waals surface area contributed by atoms with Crippen LogP contribution in [0.4, 0.5) is 4.39 Å². The molecule has 0 bridgehead atoms. The molecule has 3 rings (SSSR count). The van der Waals surface area contributed by atoms with Gasteiger partial charge in [0.2, 0.25) is 5.89 Å². The van der Waals surface area contributed by atoms with Crippen molar-refractivity contribution in [1.29, 1.82) is 0 Å². The molecule has 1 N–H and O–H groups in total. The van der Waals surface area contributed by atoms with Crippen molar-refractivity contribution in [2.75, 3.05) is 13.2 Å². The highest BCUT2D eigenvalue weighted by Gasteiger charge is 2.29. The summed E-state index contributed by atoms with van der Waals surface area (Å²) in [7, 11) is 0. The fraction of sp³-hybridized carbons (Fsp3) is 0.500. The first-order valence-corrected chi connectivity index (χ1v) is 8.06. The summed E-state index contributed by atoms with van der Waals surface area (Å²) in [5, 5.41) is 7.73. The average Bonchev–Trinajstić information content (AvgIpc) is 2.97. The van der Waals surface area contributed by atoms with Crippen molar-refractivity contribution in [3.8, 4) is 0 Å². The Morgan fingerprint density at radius 1 is 1.39 bits per heavy atom. The second kappa shape index (κ2) is 7.38. The lowest BCUT2D eigenvalue weighted by Crippen LogP contribution is -2.32. The lowest BCUT2D eigenvalue weighted by atomic mass is 9.91. The van der Waals surface area contributed by atoms with Gasteiger partial charge in [-0.1, -0.05) is 22.8 Å². The quantitative estimate of drug-likeness (QED) is 0.904. The van der Waals surface area contributed by atoms with E-state index in [9.17, 15) is 4.39 Å². The number of aromatic nitrogens is 2. The summed E-state index contributed by atoms with van der Waals surface area (Å²) in [5.41, 5.74) is 0.835. The van der Waals surface area contributed by atoms with E-state index >= 15 is 0 Å². The molecule has 0 saturated carbocycles. The van der Waals surface area contributed by atoms with Gasteiger partial charge in [0.25, 0.3) is 0 Å². The van der Waals surface area contributed by atoms with Crippen LogP contribution in [0.1, 0.15) is 36.2 Å². The fourth-order valence-electron chi connectivity index (χ4n) is 2.83. The molecule has 7 heteroatoms. The second-order valence-corrected chi connectivity index (χ2v) is 6.13. The first-order valence-electron chi connectivity index (χ1n) is 7.69. The third-order valence-electron chi connectivity index (χ3n) is 4.07. The molecule has 0 radical (unpaired) electrons. The molecule has 5 nitrogen and oxygen atoms in total. The van der Waals surface area contributed by atoms with Crippen molar-refractivity contribution in [3.63, 3.8) is 0 Å². The zero-order valence-corrected chi connectivity index (χ0v) is 13.6. The maximum absolute atomic E-state index is 13.2. The number of nitrogens with one attached hydrogen (secondary N) is 1. The molecule has 1 aliphatic rings. The maximum atomic E-state index is 13.2. The summed E-state index contributed by atoms with van der Waals surface area (Å²) < 4.78 is 23.9. The predicted octanol–water partition coefficient (Wildman–Crippen LogP) is 3.43.